The van der Waals surface area contributed by atoms with Gasteiger partial charge in [-0.3, -0.25) is 19.3 Å². The van der Waals surface area contributed by atoms with Gasteiger partial charge in [-0.25, -0.2) is 4.79 Å². The van der Waals surface area contributed by atoms with Crippen LogP contribution in [-0.4, -0.2) is 95.0 Å². The molecule has 4 heterocycles. The number of fused-ring (bicyclic) bond motifs is 1. The smallest absolute Gasteiger partial charge is 0.352 e. The van der Waals surface area contributed by atoms with Crippen LogP contribution in [0.2, 0.25) is 10.0 Å². The molecule has 0 aromatic carbocycles. The van der Waals surface area contributed by atoms with E-state index in [1.807, 2.05) is 6.92 Å². The van der Waals surface area contributed by atoms with Crippen LogP contribution in [0.15, 0.2) is 32.8 Å². The maximum atomic E-state index is 12.8. The summed E-state index contributed by atoms with van der Waals surface area (Å²) in [5.74, 6) is -1.43. The Kier molecular flexibility index (Phi) is 9.18. The average molecular weight is 571 g/mol. The largest absolute Gasteiger partial charge is 0.477 e. The number of rotatable bonds is 7. The van der Waals surface area contributed by atoms with Gasteiger partial charge in [0.1, 0.15) is 38.7 Å². The topological polar surface area (TPSA) is 134 Å². The number of aromatic nitrogens is 3. The Hall–Kier alpha value is -1.06. The fourth-order valence-corrected chi connectivity index (χ4v) is 7.12. The standard InChI is InChI=1S/C18H15Cl2N5O5S3.Na/c1-7-22-23-18(33-7)32-6-8-5-31-16-12(15(28)25(16)13(8)17(29)30)21-11(26)4-24-2-9(19)14(27)10(20)3-24;/h2-3,12,16H,4-6H2,1H3,(H,21,26)(H,29,30);. The third-order valence-corrected chi connectivity index (χ3v) is 8.70. The number of β-lactam (4-membered cyclic amide) rings is 1. The second kappa shape index (κ2) is 11.3. The molecule has 2 amide bonds. The van der Waals surface area contributed by atoms with E-state index < -0.39 is 34.6 Å². The number of halogens is 2. The third-order valence-electron chi connectivity index (χ3n) is 4.76. The number of hydrogen-bond acceptors (Lipinski definition) is 9. The maximum absolute atomic E-state index is 12.8. The van der Waals surface area contributed by atoms with Crippen LogP contribution in [0.25, 0.3) is 0 Å². The number of carboxylic acids is 1. The number of nitrogens with zero attached hydrogens (tertiary/aromatic N) is 4. The van der Waals surface area contributed by atoms with Crippen LogP contribution in [0.3, 0.4) is 0 Å². The van der Waals surface area contributed by atoms with Gasteiger partial charge in [0.2, 0.25) is 11.3 Å². The van der Waals surface area contributed by atoms with Crippen LogP contribution in [0, 0.1) is 6.92 Å². The van der Waals surface area contributed by atoms with E-state index in [9.17, 15) is 24.3 Å². The summed E-state index contributed by atoms with van der Waals surface area (Å²) in [5, 5.41) is 20.4. The first-order valence-corrected chi connectivity index (χ1v) is 12.9. The SMILES string of the molecule is Cc1nnc(SCC2=C(C(=O)O)N3C(=O)C(NC(=O)Cn4cc(Cl)c(=O)c(Cl)c4)C3SC2)s1.[Na]. The summed E-state index contributed by atoms with van der Waals surface area (Å²) in [4.78, 5) is 50.0. The van der Waals surface area contributed by atoms with Crippen molar-refractivity contribution in [1.29, 1.82) is 0 Å². The Bertz CT molecular complexity index is 1230. The van der Waals surface area contributed by atoms with Gasteiger partial charge in [0, 0.05) is 53.5 Å². The van der Waals surface area contributed by atoms with Crippen molar-refractivity contribution in [3.8, 4) is 0 Å². The van der Waals surface area contributed by atoms with Gasteiger partial charge in [-0.05, 0) is 12.5 Å². The van der Waals surface area contributed by atoms with Crippen LogP contribution in [0.5, 0.6) is 0 Å². The number of aliphatic carboxylic acids is 1. The van der Waals surface area contributed by atoms with E-state index in [-0.39, 0.29) is 51.8 Å². The summed E-state index contributed by atoms with van der Waals surface area (Å²) < 4.78 is 2.06. The predicted molar refractivity (Wildman–Crippen MR) is 132 cm³/mol. The van der Waals surface area contributed by atoms with Gasteiger partial charge >= 0.3 is 5.97 Å². The first-order valence-electron chi connectivity index (χ1n) is 9.33. The van der Waals surface area contributed by atoms with Gasteiger partial charge in [-0.1, -0.05) is 46.3 Å². The zero-order valence-corrected chi connectivity index (χ0v) is 23.7. The number of pyridine rings is 1. The number of aryl methyl sites for hydroxylation is 1. The number of carboxylic acid groups (broad SMARTS) is 1. The number of carbonyl (C=O) groups excluding carboxylic acids is 2. The molecule has 0 spiro atoms. The Morgan fingerprint density at radius 1 is 1.26 bits per heavy atom. The summed E-state index contributed by atoms with van der Waals surface area (Å²) in [6.45, 7) is 1.62. The monoisotopic (exact) mass is 570 g/mol. The van der Waals surface area contributed by atoms with Gasteiger partial charge in [0.25, 0.3) is 5.91 Å². The quantitative estimate of drug-likeness (QED) is 0.288. The molecule has 2 N–H and O–H groups in total. The predicted octanol–water partition coefficient (Wildman–Crippen LogP) is 1.47. The van der Waals surface area contributed by atoms with Crippen molar-refractivity contribution in [2.24, 2.45) is 0 Å². The summed E-state index contributed by atoms with van der Waals surface area (Å²) >= 11 is 15.8. The summed E-state index contributed by atoms with van der Waals surface area (Å²) in [5.41, 5.74) is 0.0147. The van der Waals surface area contributed by atoms with Gasteiger partial charge in [-0.2, -0.15) is 0 Å². The van der Waals surface area contributed by atoms with E-state index in [1.54, 1.807) is 0 Å². The molecule has 10 nitrogen and oxygen atoms in total. The minimum absolute atomic E-state index is 0. The van der Waals surface area contributed by atoms with Gasteiger partial charge in [0.05, 0.1) is 0 Å². The molecule has 34 heavy (non-hydrogen) atoms. The van der Waals surface area contributed by atoms with E-state index >= 15 is 0 Å². The number of nitrogens with one attached hydrogen (secondary N) is 1. The molecule has 2 aliphatic rings. The first-order chi connectivity index (χ1) is 15.7. The Balaban J connectivity index is 0.00000324. The second-order valence-electron chi connectivity index (χ2n) is 7.04. The fraction of sp³-hybridized carbons (Fsp3) is 0.333. The number of carbonyl (C=O) groups is 3. The minimum Gasteiger partial charge on any atom is -0.477 e. The summed E-state index contributed by atoms with van der Waals surface area (Å²) in [6, 6.07) is -0.859. The van der Waals surface area contributed by atoms with Crippen molar-refractivity contribution in [2.75, 3.05) is 11.5 Å². The maximum Gasteiger partial charge on any atom is 0.352 e. The molecule has 0 aliphatic carbocycles. The zero-order valence-electron chi connectivity index (χ0n) is 17.8. The molecule has 2 aliphatic heterocycles. The molecule has 2 aromatic rings. The third kappa shape index (κ3) is 5.67. The van der Waals surface area contributed by atoms with Crippen molar-refractivity contribution < 1.29 is 19.5 Å². The molecule has 2 aromatic heterocycles. The van der Waals surface area contributed by atoms with Crippen molar-refractivity contribution in [1.82, 2.24) is 25.0 Å². The zero-order chi connectivity index (χ0) is 23.9. The first kappa shape index (κ1) is 27.5. The Morgan fingerprint density at radius 2 is 1.94 bits per heavy atom. The molecule has 1 saturated heterocycles. The molecule has 16 heteroatoms. The molecule has 0 saturated carbocycles. The van der Waals surface area contributed by atoms with Gasteiger partial charge < -0.3 is 15.0 Å². The second-order valence-corrected chi connectivity index (χ2v) is 11.4. The number of thioether (sulfide) groups is 2. The van der Waals surface area contributed by atoms with E-state index in [2.05, 4.69) is 15.5 Å². The van der Waals surface area contributed by atoms with Crippen LogP contribution < -0.4 is 10.7 Å². The van der Waals surface area contributed by atoms with Crippen LogP contribution in [0.1, 0.15) is 5.01 Å². The van der Waals surface area contributed by atoms with Crippen LogP contribution in [0.4, 0.5) is 0 Å². The molecule has 0 bridgehead atoms. The Morgan fingerprint density at radius 3 is 2.53 bits per heavy atom. The summed E-state index contributed by atoms with van der Waals surface area (Å²) in [7, 11) is 0. The van der Waals surface area contributed by atoms with Crippen molar-refractivity contribution in [3.63, 3.8) is 0 Å². The summed E-state index contributed by atoms with van der Waals surface area (Å²) in [6.07, 6.45) is 2.54. The van der Waals surface area contributed by atoms with Crippen molar-refractivity contribution >= 4 is 105 Å². The number of hydrogen-bond donors (Lipinski definition) is 2. The van der Waals surface area contributed by atoms with Crippen molar-refractivity contribution in [3.05, 3.63) is 48.9 Å². The average Bonchev–Trinajstić information content (AvgIpc) is 3.18. The van der Waals surface area contributed by atoms with E-state index in [0.717, 1.165) is 9.35 Å². The number of amides is 2. The van der Waals surface area contributed by atoms with Crippen molar-refractivity contribution in [2.45, 2.75) is 29.2 Å². The van der Waals surface area contributed by atoms with Crippen LogP contribution >= 0.6 is 58.1 Å². The van der Waals surface area contributed by atoms with Gasteiger partial charge in [-0.15, -0.1) is 22.0 Å². The normalized spacial score (nSPS) is 19.3. The van der Waals surface area contributed by atoms with E-state index in [0.29, 0.717) is 17.1 Å². The van der Waals surface area contributed by atoms with E-state index in [1.165, 1.54) is 56.7 Å². The Labute approximate surface area is 237 Å². The molecular formula is C18H15Cl2N5NaO5S3. The minimum atomic E-state index is -1.19. The molecule has 1 radical (unpaired) electrons. The molecule has 2 unspecified atom stereocenters. The van der Waals surface area contributed by atoms with Crippen LogP contribution in [-0.2, 0) is 20.9 Å². The molecule has 4 rings (SSSR count). The fourth-order valence-electron chi connectivity index (χ4n) is 3.32. The molecule has 175 valence electrons. The molecule has 2 atom stereocenters. The molecular weight excluding hydrogens is 556 g/mol. The molecule has 1 fully saturated rings. The van der Waals surface area contributed by atoms with E-state index in [4.69, 9.17) is 23.2 Å². The van der Waals surface area contributed by atoms with Gasteiger partial charge in [0.15, 0.2) is 4.34 Å².